The van der Waals surface area contributed by atoms with Crippen LogP contribution in [0.2, 0.25) is 0 Å². The van der Waals surface area contributed by atoms with Crippen LogP contribution in [-0.2, 0) is 19.0 Å². The lowest BCUT2D eigenvalue weighted by molar-refractivity contribution is -0.109. The molecule has 0 atom stereocenters. The zero-order valence-electron chi connectivity index (χ0n) is 10.8. The minimum atomic E-state index is 0.523. The van der Waals surface area contributed by atoms with Crippen LogP contribution in [0.1, 0.15) is 26.2 Å². The van der Waals surface area contributed by atoms with Crippen molar-refractivity contribution in [1.82, 2.24) is 5.32 Å². The largest absolute Gasteiger partial charge is 0.379 e. The first-order chi connectivity index (χ1) is 8.41. The molecule has 0 spiro atoms. The summed E-state index contributed by atoms with van der Waals surface area (Å²) in [5, 5.41) is 2.52. The normalized spacial score (nSPS) is 10.4. The van der Waals surface area contributed by atoms with Crippen LogP contribution < -0.4 is 5.32 Å². The SMILES string of the molecule is CCCCCOCCOCCOCCNC=O. The quantitative estimate of drug-likeness (QED) is 0.367. The third-order valence-corrected chi connectivity index (χ3v) is 2.11. The number of ether oxygens (including phenoxy) is 3. The van der Waals surface area contributed by atoms with Crippen molar-refractivity contribution in [3.05, 3.63) is 0 Å². The highest BCUT2D eigenvalue weighted by atomic mass is 16.5. The molecule has 102 valence electrons. The summed E-state index contributed by atoms with van der Waals surface area (Å²) in [7, 11) is 0. The fourth-order valence-corrected chi connectivity index (χ4v) is 1.19. The molecule has 0 aromatic carbocycles. The summed E-state index contributed by atoms with van der Waals surface area (Å²) in [4.78, 5) is 9.90. The van der Waals surface area contributed by atoms with Gasteiger partial charge >= 0.3 is 0 Å². The highest BCUT2D eigenvalue weighted by molar-refractivity contribution is 5.45. The second kappa shape index (κ2) is 15.4. The van der Waals surface area contributed by atoms with Crippen LogP contribution in [0.3, 0.4) is 0 Å². The van der Waals surface area contributed by atoms with Gasteiger partial charge in [0.1, 0.15) is 0 Å². The lowest BCUT2D eigenvalue weighted by atomic mass is 10.3. The number of carbonyl (C=O) groups is 1. The molecule has 0 rings (SSSR count). The number of amides is 1. The van der Waals surface area contributed by atoms with Crippen LogP contribution in [0.4, 0.5) is 0 Å². The Kier molecular flexibility index (Phi) is 14.8. The number of unbranched alkanes of at least 4 members (excludes halogenated alkanes) is 2. The van der Waals surface area contributed by atoms with Crippen LogP contribution in [0.5, 0.6) is 0 Å². The second-order valence-electron chi connectivity index (χ2n) is 3.62. The summed E-state index contributed by atoms with van der Waals surface area (Å²) in [5.41, 5.74) is 0. The van der Waals surface area contributed by atoms with Crippen molar-refractivity contribution in [2.75, 3.05) is 46.2 Å². The maximum absolute atomic E-state index is 9.90. The van der Waals surface area contributed by atoms with E-state index in [4.69, 9.17) is 14.2 Å². The second-order valence-corrected chi connectivity index (χ2v) is 3.62. The number of carbonyl (C=O) groups excluding carboxylic acids is 1. The molecular weight excluding hydrogens is 222 g/mol. The number of hydrogen-bond acceptors (Lipinski definition) is 4. The molecule has 5 nitrogen and oxygen atoms in total. The van der Waals surface area contributed by atoms with Gasteiger partial charge in [0.05, 0.1) is 33.0 Å². The van der Waals surface area contributed by atoms with Crippen molar-refractivity contribution < 1.29 is 19.0 Å². The number of nitrogens with one attached hydrogen (secondary N) is 1. The summed E-state index contributed by atoms with van der Waals surface area (Å²) in [6, 6.07) is 0. The van der Waals surface area contributed by atoms with Crippen LogP contribution in [-0.4, -0.2) is 52.6 Å². The lowest BCUT2D eigenvalue weighted by Crippen LogP contribution is -2.19. The third-order valence-electron chi connectivity index (χ3n) is 2.11. The summed E-state index contributed by atoms with van der Waals surface area (Å²) >= 11 is 0. The lowest BCUT2D eigenvalue weighted by Gasteiger charge is -2.06. The molecule has 0 aliphatic heterocycles. The van der Waals surface area contributed by atoms with Gasteiger partial charge in [-0.25, -0.2) is 0 Å². The molecule has 0 bridgehead atoms. The Morgan fingerprint density at radius 3 is 2.06 bits per heavy atom. The first-order valence-electron chi connectivity index (χ1n) is 6.32. The van der Waals surface area contributed by atoms with Gasteiger partial charge in [0.2, 0.25) is 6.41 Å². The molecule has 0 radical (unpaired) electrons. The van der Waals surface area contributed by atoms with Crippen molar-refractivity contribution in [1.29, 1.82) is 0 Å². The Morgan fingerprint density at radius 1 is 0.882 bits per heavy atom. The molecule has 0 unspecified atom stereocenters. The zero-order chi connectivity index (χ0) is 12.6. The molecule has 0 aliphatic rings. The Hall–Kier alpha value is -0.650. The van der Waals surface area contributed by atoms with Gasteiger partial charge in [0, 0.05) is 13.2 Å². The average Bonchev–Trinajstić information content (AvgIpc) is 2.35. The van der Waals surface area contributed by atoms with Crippen LogP contribution in [0.15, 0.2) is 0 Å². The van der Waals surface area contributed by atoms with E-state index in [0.29, 0.717) is 46.0 Å². The molecule has 17 heavy (non-hydrogen) atoms. The summed E-state index contributed by atoms with van der Waals surface area (Å²) in [6.45, 7) is 6.45. The van der Waals surface area contributed by atoms with Gasteiger partial charge in [0.15, 0.2) is 0 Å². The van der Waals surface area contributed by atoms with Crippen molar-refractivity contribution in [2.45, 2.75) is 26.2 Å². The van der Waals surface area contributed by atoms with E-state index in [9.17, 15) is 4.79 Å². The molecule has 1 N–H and O–H groups in total. The summed E-state index contributed by atoms with van der Waals surface area (Å²) in [5.74, 6) is 0. The summed E-state index contributed by atoms with van der Waals surface area (Å²) < 4.78 is 15.9. The Bertz CT molecular complexity index is 155. The maximum atomic E-state index is 9.90. The van der Waals surface area contributed by atoms with E-state index in [1.165, 1.54) is 12.8 Å². The van der Waals surface area contributed by atoms with E-state index >= 15 is 0 Å². The van der Waals surface area contributed by atoms with E-state index in [1.807, 2.05) is 0 Å². The van der Waals surface area contributed by atoms with Gasteiger partial charge in [0.25, 0.3) is 0 Å². The molecule has 1 amide bonds. The standard InChI is InChI=1S/C12H25NO4/c1-2-3-4-6-15-8-10-17-11-9-16-7-5-13-12-14/h12H,2-11H2,1H3,(H,13,14). The van der Waals surface area contributed by atoms with E-state index in [0.717, 1.165) is 13.0 Å². The van der Waals surface area contributed by atoms with E-state index < -0.39 is 0 Å². The zero-order valence-corrected chi connectivity index (χ0v) is 10.8. The molecule has 0 fully saturated rings. The van der Waals surface area contributed by atoms with Gasteiger partial charge in [-0.1, -0.05) is 19.8 Å². The fraction of sp³-hybridized carbons (Fsp3) is 0.917. The van der Waals surface area contributed by atoms with Crippen molar-refractivity contribution in [3.63, 3.8) is 0 Å². The van der Waals surface area contributed by atoms with Gasteiger partial charge in [-0.05, 0) is 6.42 Å². The third kappa shape index (κ3) is 15.4. The van der Waals surface area contributed by atoms with Crippen molar-refractivity contribution in [2.24, 2.45) is 0 Å². The predicted octanol–water partition coefficient (Wildman–Crippen LogP) is 0.972. The smallest absolute Gasteiger partial charge is 0.207 e. The fourth-order valence-electron chi connectivity index (χ4n) is 1.19. The predicted molar refractivity (Wildman–Crippen MR) is 66.0 cm³/mol. The number of hydrogen-bond donors (Lipinski definition) is 1. The monoisotopic (exact) mass is 247 g/mol. The number of rotatable bonds is 14. The molecule has 0 saturated heterocycles. The van der Waals surface area contributed by atoms with Gasteiger partial charge in [-0.3, -0.25) is 4.79 Å². The highest BCUT2D eigenvalue weighted by Gasteiger charge is 1.91. The van der Waals surface area contributed by atoms with Crippen LogP contribution >= 0.6 is 0 Å². The van der Waals surface area contributed by atoms with E-state index in [2.05, 4.69) is 12.2 Å². The Morgan fingerprint density at radius 2 is 1.47 bits per heavy atom. The topological polar surface area (TPSA) is 56.8 Å². The van der Waals surface area contributed by atoms with Crippen LogP contribution in [0, 0.1) is 0 Å². The van der Waals surface area contributed by atoms with Gasteiger partial charge in [-0.15, -0.1) is 0 Å². The van der Waals surface area contributed by atoms with Crippen molar-refractivity contribution >= 4 is 6.41 Å². The first-order valence-corrected chi connectivity index (χ1v) is 6.32. The average molecular weight is 247 g/mol. The Balaban J connectivity index is 2.87. The molecule has 0 saturated carbocycles. The molecule has 0 heterocycles. The van der Waals surface area contributed by atoms with Crippen molar-refractivity contribution in [3.8, 4) is 0 Å². The molecule has 0 aromatic rings. The molecule has 0 aromatic heterocycles. The van der Waals surface area contributed by atoms with E-state index in [-0.39, 0.29) is 0 Å². The van der Waals surface area contributed by atoms with Gasteiger partial charge in [-0.2, -0.15) is 0 Å². The first kappa shape index (κ1) is 16.4. The highest BCUT2D eigenvalue weighted by Crippen LogP contribution is 1.93. The molecule has 0 aliphatic carbocycles. The summed E-state index contributed by atoms with van der Waals surface area (Å²) in [6.07, 6.45) is 4.23. The maximum Gasteiger partial charge on any atom is 0.207 e. The van der Waals surface area contributed by atoms with Crippen LogP contribution in [0.25, 0.3) is 0 Å². The molecular formula is C12H25NO4. The molecule has 5 heteroatoms. The minimum Gasteiger partial charge on any atom is -0.379 e. The van der Waals surface area contributed by atoms with E-state index in [1.54, 1.807) is 0 Å². The minimum absolute atomic E-state index is 0.523. The van der Waals surface area contributed by atoms with Gasteiger partial charge < -0.3 is 19.5 Å². The Labute approximate surface area is 104 Å².